The van der Waals surface area contributed by atoms with E-state index >= 15 is 0 Å². The molecule has 6 rings (SSSR count). The van der Waals surface area contributed by atoms with E-state index in [1.165, 1.54) is 5.56 Å². The fraction of sp³-hybridized carbons (Fsp3) is 0.0385. The first-order valence-corrected chi connectivity index (χ1v) is 10.4. The minimum atomic E-state index is 0.750. The molecule has 0 aliphatic heterocycles. The summed E-state index contributed by atoms with van der Waals surface area (Å²) in [4.78, 5) is 5.14. The average Bonchev–Trinajstić information content (AvgIpc) is 3.31. The van der Waals surface area contributed by atoms with Crippen LogP contribution < -0.4 is 0 Å². The molecule has 0 saturated carbocycles. The minimum Gasteiger partial charge on any atom is -0.278 e. The number of fused-ring (bicyclic) bond motifs is 5. The molecule has 0 amide bonds. The standard InChI is InChI=1S/C26H18ClN3/c27-21-13-5-4-9-18(21)17-19-10-8-16-24-25(19)28-26-29(20-11-2-1-3-12-20)22-14-6-7-15-23(22)30(24)26/h1-16H,17H2. The summed E-state index contributed by atoms with van der Waals surface area (Å²) >= 11 is 6.44. The molecule has 4 heteroatoms. The number of nitrogens with zero attached hydrogens (tertiary/aromatic N) is 3. The molecule has 0 unspecified atom stereocenters. The van der Waals surface area contributed by atoms with Crippen LogP contribution in [0.15, 0.2) is 97.1 Å². The molecule has 2 aromatic heterocycles. The lowest BCUT2D eigenvalue weighted by Crippen LogP contribution is -1.94. The van der Waals surface area contributed by atoms with Gasteiger partial charge >= 0.3 is 0 Å². The van der Waals surface area contributed by atoms with Crippen LogP contribution >= 0.6 is 11.6 Å². The van der Waals surface area contributed by atoms with E-state index in [-0.39, 0.29) is 0 Å². The molecule has 3 nitrogen and oxygen atoms in total. The number of hydrogen-bond donors (Lipinski definition) is 0. The summed E-state index contributed by atoms with van der Waals surface area (Å²) < 4.78 is 4.49. The smallest absolute Gasteiger partial charge is 0.220 e. The highest BCUT2D eigenvalue weighted by atomic mass is 35.5. The van der Waals surface area contributed by atoms with Crippen molar-refractivity contribution in [1.29, 1.82) is 0 Å². The summed E-state index contributed by atoms with van der Waals surface area (Å²) in [5.41, 5.74) is 7.81. The lowest BCUT2D eigenvalue weighted by molar-refractivity contribution is 1.11. The topological polar surface area (TPSA) is 22.2 Å². The summed E-state index contributed by atoms with van der Waals surface area (Å²) in [6.07, 6.45) is 0.750. The normalized spacial score (nSPS) is 11.6. The summed E-state index contributed by atoms with van der Waals surface area (Å²) in [6, 6.07) is 33.3. The number of rotatable bonds is 3. The van der Waals surface area contributed by atoms with Gasteiger partial charge < -0.3 is 0 Å². The SMILES string of the molecule is Clc1ccccc1Cc1cccc2c1nc1n(-c3ccccc3)c3ccccc3n21. The van der Waals surface area contributed by atoms with Gasteiger partial charge in [-0.15, -0.1) is 0 Å². The Morgan fingerprint density at radius 3 is 2.13 bits per heavy atom. The Morgan fingerprint density at radius 1 is 0.633 bits per heavy atom. The number of aromatic nitrogens is 3. The van der Waals surface area contributed by atoms with Crippen molar-refractivity contribution in [3.8, 4) is 5.69 Å². The maximum Gasteiger partial charge on any atom is 0.220 e. The molecule has 2 heterocycles. The number of para-hydroxylation sites is 4. The summed E-state index contributed by atoms with van der Waals surface area (Å²) in [7, 11) is 0. The van der Waals surface area contributed by atoms with Crippen molar-refractivity contribution >= 4 is 39.4 Å². The minimum absolute atomic E-state index is 0.750. The predicted molar refractivity (Wildman–Crippen MR) is 124 cm³/mol. The highest BCUT2D eigenvalue weighted by Gasteiger charge is 2.18. The first-order chi connectivity index (χ1) is 14.8. The van der Waals surface area contributed by atoms with Gasteiger partial charge in [-0.05, 0) is 47.5 Å². The Kier molecular flexibility index (Phi) is 3.90. The van der Waals surface area contributed by atoms with E-state index < -0.39 is 0 Å². The van der Waals surface area contributed by atoms with Gasteiger partial charge in [0.1, 0.15) is 0 Å². The molecule has 30 heavy (non-hydrogen) atoms. The van der Waals surface area contributed by atoms with Crippen LogP contribution in [0.3, 0.4) is 0 Å². The molecule has 0 saturated heterocycles. The lowest BCUT2D eigenvalue weighted by Gasteiger charge is -2.06. The van der Waals surface area contributed by atoms with E-state index in [2.05, 4.69) is 81.8 Å². The molecule has 0 fully saturated rings. The van der Waals surface area contributed by atoms with Crippen molar-refractivity contribution in [3.05, 3.63) is 113 Å². The van der Waals surface area contributed by atoms with Crippen molar-refractivity contribution in [3.63, 3.8) is 0 Å². The van der Waals surface area contributed by atoms with Gasteiger partial charge in [0.25, 0.3) is 0 Å². The molecule has 0 radical (unpaired) electrons. The third-order valence-electron chi connectivity index (χ3n) is 5.67. The van der Waals surface area contributed by atoms with E-state index in [4.69, 9.17) is 16.6 Å². The highest BCUT2D eigenvalue weighted by Crippen LogP contribution is 2.31. The summed E-state index contributed by atoms with van der Waals surface area (Å²) in [6.45, 7) is 0. The number of hydrogen-bond acceptors (Lipinski definition) is 1. The predicted octanol–water partition coefficient (Wildman–Crippen LogP) is 6.68. The lowest BCUT2D eigenvalue weighted by atomic mass is 10.0. The third-order valence-corrected chi connectivity index (χ3v) is 6.04. The maximum atomic E-state index is 6.44. The zero-order chi connectivity index (χ0) is 20.1. The van der Waals surface area contributed by atoms with Crippen LogP contribution in [0.25, 0.3) is 33.5 Å². The molecular weight excluding hydrogens is 390 g/mol. The Balaban J connectivity index is 1.67. The van der Waals surface area contributed by atoms with Crippen LogP contribution in [-0.2, 0) is 6.42 Å². The Morgan fingerprint density at radius 2 is 1.30 bits per heavy atom. The van der Waals surface area contributed by atoms with E-state index in [9.17, 15) is 0 Å². The molecule has 4 aromatic carbocycles. The Hall–Kier alpha value is -3.56. The highest BCUT2D eigenvalue weighted by molar-refractivity contribution is 6.31. The van der Waals surface area contributed by atoms with Gasteiger partial charge in [-0.3, -0.25) is 8.97 Å². The monoisotopic (exact) mass is 407 g/mol. The third kappa shape index (κ3) is 2.56. The Bertz CT molecular complexity index is 1530. The van der Waals surface area contributed by atoms with Crippen molar-refractivity contribution < 1.29 is 0 Å². The fourth-order valence-electron chi connectivity index (χ4n) is 4.30. The zero-order valence-electron chi connectivity index (χ0n) is 16.2. The largest absolute Gasteiger partial charge is 0.278 e. The fourth-order valence-corrected chi connectivity index (χ4v) is 4.51. The first kappa shape index (κ1) is 17.3. The molecule has 6 aromatic rings. The van der Waals surface area contributed by atoms with Gasteiger partial charge in [-0.2, -0.15) is 0 Å². The summed E-state index contributed by atoms with van der Waals surface area (Å²) in [5, 5.41) is 0.789. The zero-order valence-corrected chi connectivity index (χ0v) is 16.9. The quantitative estimate of drug-likeness (QED) is 0.321. The average molecular weight is 408 g/mol. The molecule has 0 N–H and O–H groups in total. The van der Waals surface area contributed by atoms with Crippen LogP contribution in [0.4, 0.5) is 0 Å². The summed E-state index contributed by atoms with van der Waals surface area (Å²) in [5.74, 6) is 0.920. The van der Waals surface area contributed by atoms with Gasteiger partial charge in [0, 0.05) is 17.1 Å². The van der Waals surface area contributed by atoms with E-state index in [0.29, 0.717) is 0 Å². The van der Waals surface area contributed by atoms with Gasteiger partial charge in [-0.25, -0.2) is 4.98 Å². The van der Waals surface area contributed by atoms with Gasteiger partial charge in [-0.1, -0.05) is 72.3 Å². The van der Waals surface area contributed by atoms with Crippen LogP contribution in [-0.4, -0.2) is 14.0 Å². The molecule has 0 aliphatic rings. The van der Waals surface area contributed by atoms with Crippen LogP contribution in [0.1, 0.15) is 11.1 Å². The van der Waals surface area contributed by atoms with Crippen LogP contribution in [0.2, 0.25) is 5.02 Å². The molecular formula is C26H18ClN3. The van der Waals surface area contributed by atoms with Gasteiger partial charge in [0.05, 0.1) is 22.1 Å². The van der Waals surface area contributed by atoms with E-state index in [0.717, 1.165) is 50.5 Å². The van der Waals surface area contributed by atoms with E-state index in [1.54, 1.807) is 0 Å². The number of imidazole rings is 2. The molecule has 0 aliphatic carbocycles. The van der Waals surface area contributed by atoms with Gasteiger partial charge in [0.15, 0.2) is 0 Å². The van der Waals surface area contributed by atoms with Crippen LogP contribution in [0.5, 0.6) is 0 Å². The number of halogens is 1. The first-order valence-electron chi connectivity index (χ1n) is 9.99. The van der Waals surface area contributed by atoms with E-state index in [1.807, 2.05) is 24.3 Å². The maximum absolute atomic E-state index is 6.44. The molecule has 0 atom stereocenters. The second-order valence-electron chi connectivity index (χ2n) is 7.46. The van der Waals surface area contributed by atoms with Crippen molar-refractivity contribution in [2.75, 3.05) is 0 Å². The Labute approximate surface area is 178 Å². The van der Waals surface area contributed by atoms with Crippen molar-refractivity contribution in [2.45, 2.75) is 6.42 Å². The second-order valence-corrected chi connectivity index (χ2v) is 7.87. The van der Waals surface area contributed by atoms with Crippen molar-refractivity contribution in [2.24, 2.45) is 0 Å². The molecule has 0 bridgehead atoms. The second kappa shape index (κ2) is 6.75. The molecule has 0 spiro atoms. The van der Waals surface area contributed by atoms with Crippen molar-refractivity contribution in [1.82, 2.24) is 14.0 Å². The van der Waals surface area contributed by atoms with Crippen LogP contribution in [0, 0.1) is 0 Å². The molecule has 144 valence electrons. The number of benzene rings is 4. The van der Waals surface area contributed by atoms with Gasteiger partial charge in [0.2, 0.25) is 5.78 Å².